The monoisotopic (exact) mass is 460 g/mol. The molecule has 0 heterocycles. The van der Waals surface area contributed by atoms with Crippen LogP contribution in [0.2, 0.25) is 0 Å². The van der Waals surface area contributed by atoms with Crippen LogP contribution in [0.15, 0.2) is 24.3 Å². The van der Waals surface area contributed by atoms with E-state index in [0.29, 0.717) is 12.2 Å². The van der Waals surface area contributed by atoms with Gasteiger partial charge in [-0.2, -0.15) is 0 Å². The van der Waals surface area contributed by atoms with Crippen LogP contribution in [0, 0.1) is 16.7 Å². The molecule has 1 aromatic rings. The number of carbonyl (C=O) groups is 1. The SMILES string of the molecule is CC(O)CNC(N)CC(C)C1(C)CC1(C)C(C)NC(=O)Nc1ccc(OC(F)(F)F)cc1. The molecule has 6 N–H and O–H groups in total. The Morgan fingerprint density at radius 3 is 2.31 bits per heavy atom. The summed E-state index contributed by atoms with van der Waals surface area (Å²) in [6, 6.07) is 4.41. The number of ether oxygens (including phenoxy) is 1. The zero-order valence-electron chi connectivity index (χ0n) is 19.2. The molecule has 1 fully saturated rings. The van der Waals surface area contributed by atoms with Crippen molar-refractivity contribution in [2.45, 2.75) is 72.1 Å². The fourth-order valence-corrected chi connectivity index (χ4v) is 4.41. The molecule has 0 aromatic heterocycles. The van der Waals surface area contributed by atoms with Gasteiger partial charge in [0.05, 0.1) is 12.3 Å². The molecule has 6 unspecified atom stereocenters. The van der Waals surface area contributed by atoms with Crippen LogP contribution in [0.5, 0.6) is 5.75 Å². The first kappa shape index (κ1) is 26.2. The molecule has 1 aliphatic rings. The highest BCUT2D eigenvalue weighted by Gasteiger charge is 2.65. The minimum Gasteiger partial charge on any atom is -0.406 e. The van der Waals surface area contributed by atoms with Crippen LogP contribution < -0.4 is 26.4 Å². The van der Waals surface area contributed by atoms with Gasteiger partial charge in [-0.15, -0.1) is 13.2 Å². The third-order valence-electron chi connectivity index (χ3n) is 6.93. The number of amides is 2. The van der Waals surface area contributed by atoms with Gasteiger partial charge in [0.15, 0.2) is 0 Å². The van der Waals surface area contributed by atoms with Gasteiger partial charge in [-0.25, -0.2) is 4.79 Å². The maximum absolute atomic E-state index is 12.4. The number of hydrogen-bond donors (Lipinski definition) is 5. The Bertz CT molecular complexity index is 775. The van der Waals surface area contributed by atoms with E-state index in [2.05, 4.69) is 41.5 Å². The Morgan fingerprint density at radius 2 is 1.78 bits per heavy atom. The fourth-order valence-electron chi connectivity index (χ4n) is 4.41. The Morgan fingerprint density at radius 1 is 1.19 bits per heavy atom. The summed E-state index contributed by atoms with van der Waals surface area (Å²) in [5, 5.41) is 18.1. The van der Waals surface area contributed by atoms with Gasteiger partial charge in [-0.05, 0) is 67.7 Å². The van der Waals surface area contributed by atoms with Gasteiger partial charge in [0.1, 0.15) is 5.75 Å². The topological polar surface area (TPSA) is 109 Å². The second kappa shape index (κ2) is 9.84. The maximum atomic E-state index is 12.4. The molecule has 32 heavy (non-hydrogen) atoms. The first-order valence-electron chi connectivity index (χ1n) is 10.8. The van der Waals surface area contributed by atoms with Crippen molar-refractivity contribution < 1.29 is 27.8 Å². The van der Waals surface area contributed by atoms with Crippen LogP contribution in [-0.2, 0) is 0 Å². The highest BCUT2D eigenvalue weighted by Crippen LogP contribution is 2.69. The molecule has 7 nitrogen and oxygen atoms in total. The Labute approximate surface area is 187 Å². The number of rotatable bonds is 10. The van der Waals surface area contributed by atoms with Crippen molar-refractivity contribution in [2.75, 3.05) is 11.9 Å². The standard InChI is InChI=1S/C22H35F3N4O3/c1-13(10-18(26)27-11-14(2)30)20(4)12-21(20,5)15(3)28-19(31)29-16-6-8-17(9-7-16)32-22(23,24)25/h6-9,13-15,18,27,30H,10-12,26H2,1-5H3,(H2,28,29,31). The molecular weight excluding hydrogens is 425 g/mol. The highest BCUT2D eigenvalue weighted by atomic mass is 19.4. The minimum absolute atomic E-state index is 0.0135. The summed E-state index contributed by atoms with van der Waals surface area (Å²) in [6.45, 7) is 10.5. The zero-order valence-corrected chi connectivity index (χ0v) is 19.2. The van der Waals surface area contributed by atoms with Crippen LogP contribution in [0.3, 0.4) is 0 Å². The molecule has 10 heteroatoms. The summed E-state index contributed by atoms with van der Waals surface area (Å²) < 4.78 is 40.6. The lowest BCUT2D eigenvalue weighted by Gasteiger charge is -2.32. The van der Waals surface area contributed by atoms with Gasteiger partial charge in [0.2, 0.25) is 0 Å². The normalized spacial score (nSPS) is 26.6. The highest BCUT2D eigenvalue weighted by molar-refractivity contribution is 5.89. The summed E-state index contributed by atoms with van der Waals surface area (Å²) in [5.41, 5.74) is 6.37. The van der Waals surface area contributed by atoms with Crippen molar-refractivity contribution in [1.82, 2.24) is 10.6 Å². The Balaban J connectivity index is 1.87. The molecule has 182 valence electrons. The number of alkyl halides is 3. The van der Waals surface area contributed by atoms with E-state index in [4.69, 9.17) is 5.73 Å². The van der Waals surface area contributed by atoms with Crippen molar-refractivity contribution in [3.8, 4) is 5.75 Å². The lowest BCUT2D eigenvalue weighted by molar-refractivity contribution is -0.274. The van der Waals surface area contributed by atoms with Crippen LogP contribution in [-0.4, -0.2) is 42.4 Å². The number of benzene rings is 1. The first-order chi connectivity index (χ1) is 14.7. The average Bonchev–Trinajstić information content (AvgIpc) is 3.25. The predicted octanol–water partition coefficient (Wildman–Crippen LogP) is 3.79. The van der Waals surface area contributed by atoms with Gasteiger partial charge in [0.25, 0.3) is 0 Å². The maximum Gasteiger partial charge on any atom is 0.573 e. The van der Waals surface area contributed by atoms with Crippen molar-refractivity contribution in [3.63, 3.8) is 0 Å². The molecule has 0 spiro atoms. The molecular formula is C22H35F3N4O3. The third-order valence-corrected chi connectivity index (χ3v) is 6.93. The van der Waals surface area contributed by atoms with Gasteiger partial charge in [-0.1, -0.05) is 20.8 Å². The predicted molar refractivity (Wildman–Crippen MR) is 117 cm³/mol. The number of carbonyl (C=O) groups excluding carboxylic acids is 1. The van der Waals surface area contributed by atoms with Crippen molar-refractivity contribution in [2.24, 2.45) is 22.5 Å². The van der Waals surface area contributed by atoms with Crippen molar-refractivity contribution in [1.29, 1.82) is 0 Å². The van der Waals surface area contributed by atoms with E-state index in [9.17, 15) is 23.1 Å². The first-order valence-corrected chi connectivity index (χ1v) is 10.8. The lowest BCUT2D eigenvalue weighted by Crippen LogP contribution is -2.45. The summed E-state index contributed by atoms with van der Waals surface area (Å²) in [4.78, 5) is 12.4. The molecule has 1 saturated carbocycles. The molecule has 2 amide bonds. The van der Waals surface area contributed by atoms with E-state index in [-0.39, 0.29) is 34.7 Å². The van der Waals surface area contributed by atoms with E-state index in [1.54, 1.807) is 6.92 Å². The molecule has 0 radical (unpaired) electrons. The van der Waals surface area contributed by atoms with Crippen LogP contribution in [0.25, 0.3) is 0 Å². The van der Waals surface area contributed by atoms with Crippen molar-refractivity contribution in [3.05, 3.63) is 24.3 Å². The molecule has 0 bridgehead atoms. The van der Waals surface area contributed by atoms with Crippen LogP contribution >= 0.6 is 0 Å². The molecule has 6 atom stereocenters. The number of anilines is 1. The number of nitrogens with two attached hydrogens (primary N) is 1. The number of aliphatic hydroxyl groups is 1. The van der Waals surface area contributed by atoms with Gasteiger partial charge in [-0.3, -0.25) is 5.32 Å². The molecule has 2 rings (SSSR count). The minimum atomic E-state index is -4.76. The van der Waals surface area contributed by atoms with E-state index in [1.165, 1.54) is 12.1 Å². The van der Waals surface area contributed by atoms with Crippen LogP contribution in [0.4, 0.5) is 23.7 Å². The van der Waals surface area contributed by atoms with E-state index < -0.39 is 18.5 Å². The van der Waals surface area contributed by atoms with Gasteiger partial charge < -0.3 is 26.2 Å². The van der Waals surface area contributed by atoms with E-state index in [0.717, 1.165) is 25.0 Å². The smallest absolute Gasteiger partial charge is 0.406 e. The van der Waals surface area contributed by atoms with Crippen LogP contribution in [0.1, 0.15) is 47.5 Å². The number of aliphatic hydroxyl groups excluding tert-OH is 1. The summed E-state index contributed by atoms with van der Waals surface area (Å²) >= 11 is 0. The molecule has 0 saturated heterocycles. The second-order valence-electron chi connectivity index (χ2n) is 9.40. The third kappa shape index (κ3) is 6.73. The van der Waals surface area contributed by atoms with Crippen molar-refractivity contribution >= 4 is 11.7 Å². The van der Waals surface area contributed by atoms with E-state index in [1.807, 2.05) is 6.92 Å². The van der Waals surface area contributed by atoms with E-state index >= 15 is 0 Å². The summed E-state index contributed by atoms with van der Waals surface area (Å²) in [5.74, 6) is -0.0642. The lowest BCUT2D eigenvalue weighted by atomic mass is 9.79. The number of nitrogens with one attached hydrogen (secondary N) is 3. The Kier molecular flexibility index (Phi) is 8.06. The number of urea groups is 1. The average molecular weight is 461 g/mol. The molecule has 1 aliphatic carbocycles. The zero-order chi connectivity index (χ0) is 24.3. The number of halogens is 3. The number of hydrogen-bond acceptors (Lipinski definition) is 5. The fraction of sp³-hybridized carbons (Fsp3) is 0.682. The summed E-state index contributed by atoms with van der Waals surface area (Å²) in [6.07, 6.45) is -3.78. The second-order valence-corrected chi connectivity index (χ2v) is 9.40. The molecule has 0 aliphatic heterocycles. The largest absolute Gasteiger partial charge is 0.573 e. The summed E-state index contributed by atoms with van der Waals surface area (Å²) in [7, 11) is 0. The molecule has 1 aromatic carbocycles. The van der Waals surface area contributed by atoms with Gasteiger partial charge >= 0.3 is 12.4 Å². The Hall–Kier alpha value is -2.04. The quantitative estimate of drug-likeness (QED) is 0.342. The van der Waals surface area contributed by atoms with Gasteiger partial charge in [0, 0.05) is 18.3 Å².